The Kier molecular flexibility index (Phi) is 4.63. The Morgan fingerprint density at radius 1 is 0.952 bits per heavy atom. The van der Waals surface area contributed by atoms with Crippen molar-refractivity contribution in [1.29, 1.82) is 5.26 Å². The molecule has 0 heterocycles. The molecule has 21 heavy (non-hydrogen) atoms. The van der Waals surface area contributed by atoms with Crippen molar-refractivity contribution in [2.45, 2.75) is 6.92 Å². The monoisotopic (exact) mass is 279 g/mol. The lowest BCUT2D eigenvalue weighted by Gasteiger charge is -2.12. The van der Waals surface area contributed by atoms with Gasteiger partial charge in [0.25, 0.3) is 0 Å². The van der Waals surface area contributed by atoms with Crippen molar-refractivity contribution in [2.24, 2.45) is 0 Å². The molecule has 0 fully saturated rings. The number of ether oxygens (including phenoxy) is 2. The summed E-state index contributed by atoms with van der Waals surface area (Å²) in [6.07, 6.45) is 1.55. The van der Waals surface area contributed by atoms with E-state index in [0.717, 1.165) is 16.7 Å². The van der Waals surface area contributed by atoms with Gasteiger partial charge >= 0.3 is 0 Å². The summed E-state index contributed by atoms with van der Waals surface area (Å²) in [7, 11) is 3.20. The average molecular weight is 279 g/mol. The molecule has 0 bridgehead atoms. The second-order valence-corrected chi connectivity index (χ2v) is 4.62. The lowest BCUT2D eigenvalue weighted by atomic mass is 9.96. The van der Waals surface area contributed by atoms with E-state index in [1.807, 2.05) is 49.4 Å². The number of allylic oxidation sites excluding steroid dienone is 1. The summed E-state index contributed by atoms with van der Waals surface area (Å²) in [6.45, 7) is 2.04. The van der Waals surface area contributed by atoms with Gasteiger partial charge < -0.3 is 9.47 Å². The Labute approximate surface area is 125 Å². The van der Waals surface area contributed by atoms with E-state index in [1.54, 1.807) is 20.3 Å². The Morgan fingerprint density at radius 3 is 2.14 bits per heavy atom. The van der Waals surface area contributed by atoms with Gasteiger partial charge in [0.2, 0.25) is 0 Å². The van der Waals surface area contributed by atoms with Gasteiger partial charge in [0.1, 0.15) is 0 Å². The highest BCUT2D eigenvalue weighted by Crippen LogP contribution is 2.32. The second-order valence-electron chi connectivity index (χ2n) is 4.62. The van der Waals surface area contributed by atoms with Crippen LogP contribution >= 0.6 is 0 Å². The minimum atomic E-state index is 0.644. The number of rotatable bonds is 4. The van der Waals surface area contributed by atoms with E-state index >= 15 is 0 Å². The number of methoxy groups -OCH3 is 2. The molecule has 0 N–H and O–H groups in total. The summed E-state index contributed by atoms with van der Waals surface area (Å²) in [5.74, 6) is 1.31. The highest BCUT2D eigenvalue weighted by molar-refractivity contribution is 5.82. The Hall–Kier alpha value is -2.73. The summed E-state index contributed by atoms with van der Waals surface area (Å²) in [5.41, 5.74) is 3.95. The molecule has 0 saturated heterocycles. The molecule has 0 aliphatic rings. The smallest absolute Gasteiger partial charge is 0.161 e. The van der Waals surface area contributed by atoms with Gasteiger partial charge in [-0.2, -0.15) is 5.26 Å². The van der Waals surface area contributed by atoms with Crippen LogP contribution in [0.5, 0.6) is 11.5 Å². The van der Waals surface area contributed by atoms with Crippen molar-refractivity contribution in [2.75, 3.05) is 14.2 Å². The van der Waals surface area contributed by atoms with Gasteiger partial charge in [-0.3, -0.25) is 0 Å². The normalized spacial score (nSPS) is 10.9. The fourth-order valence-electron chi connectivity index (χ4n) is 2.13. The predicted octanol–water partition coefficient (Wildman–Crippen LogP) is 3.97. The predicted molar refractivity (Wildman–Crippen MR) is 83.4 cm³/mol. The SMILES string of the molecule is COc1ccc(/C(=C\C#N)c2ccc(C)cc2)cc1OC. The maximum Gasteiger partial charge on any atom is 0.161 e. The van der Waals surface area contributed by atoms with Crippen LogP contribution in [0.2, 0.25) is 0 Å². The van der Waals surface area contributed by atoms with Crippen molar-refractivity contribution >= 4 is 5.57 Å². The molecule has 0 aliphatic heterocycles. The fraction of sp³-hybridized carbons (Fsp3) is 0.167. The Morgan fingerprint density at radius 2 is 1.57 bits per heavy atom. The van der Waals surface area contributed by atoms with Crippen LogP contribution in [0.3, 0.4) is 0 Å². The van der Waals surface area contributed by atoms with Crippen molar-refractivity contribution < 1.29 is 9.47 Å². The van der Waals surface area contributed by atoms with Crippen LogP contribution in [0.4, 0.5) is 0 Å². The summed E-state index contributed by atoms with van der Waals surface area (Å²) < 4.78 is 10.6. The minimum Gasteiger partial charge on any atom is -0.493 e. The summed E-state index contributed by atoms with van der Waals surface area (Å²) in [6, 6.07) is 15.8. The Balaban J connectivity index is 2.52. The first-order valence-electron chi connectivity index (χ1n) is 6.59. The van der Waals surface area contributed by atoms with E-state index in [-0.39, 0.29) is 0 Å². The van der Waals surface area contributed by atoms with Crippen LogP contribution in [0.1, 0.15) is 16.7 Å². The van der Waals surface area contributed by atoms with Crippen molar-refractivity contribution in [3.05, 3.63) is 65.2 Å². The zero-order valence-corrected chi connectivity index (χ0v) is 12.4. The molecular formula is C18H17NO2. The lowest BCUT2D eigenvalue weighted by Crippen LogP contribution is -1.94. The largest absolute Gasteiger partial charge is 0.493 e. The number of aryl methyl sites for hydroxylation is 1. The van der Waals surface area contributed by atoms with Crippen LogP contribution in [0.25, 0.3) is 5.57 Å². The van der Waals surface area contributed by atoms with Gasteiger partial charge in [0.15, 0.2) is 11.5 Å². The van der Waals surface area contributed by atoms with Crippen molar-refractivity contribution in [3.8, 4) is 17.6 Å². The lowest BCUT2D eigenvalue weighted by molar-refractivity contribution is 0.355. The van der Waals surface area contributed by atoms with E-state index in [9.17, 15) is 0 Å². The molecular weight excluding hydrogens is 262 g/mol. The zero-order chi connectivity index (χ0) is 15.2. The number of hydrogen-bond acceptors (Lipinski definition) is 3. The molecule has 3 heteroatoms. The maximum atomic E-state index is 9.06. The molecule has 3 nitrogen and oxygen atoms in total. The molecule has 106 valence electrons. The summed E-state index contributed by atoms with van der Waals surface area (Å²) in [5, 5.41) is 9.06. The maximum absolute atomic E-state index is 9.06. The molecule has 2 aromatic carbocycles. The highest BCUT2D eigenvalue weighted by atomic mass is 16.5. The standard InChI is InChI=1S/C18H17NO2/c1-13-4-6-14(7-5-13)16(10-11-19)15-8-9-17(20-2)18(12-15)21-3/h4-10,12H,1-3H3/b16-10-. The van der Waals surface area contributed by atoms with E-state index < -0.39 is 0 Å². The number of nitriles is 1. The van der Waals surface area contributed by atoms with E-state index in [1.165, 1.54) is 5.56 Å². The first-order valence-corrected chi connectivity index (χ1v) is 6.59. The number of nitrogens with zero attached hydrogens (tertiary/aromatic N) is 1. The Bertz CT molecular complexity index is 694. The third kappa shape index (κ3) is 3.24. The zero-order valence-electron chi connectivity index (χ0n) is 12.4. The topological polar surface area (TPSA) is 42.2 Å². The van der Waals surface area contributed by atoms with Crippen LogP contribution < -0.4 is 9.47 Å². The van der Waals surface area contributed by atoms with Gasteiger partial charge in [-0.05, 0) is 35.8 Å². The molecule has 0 aromatic heterocycles. The molecule has 0 aliphatic carbocycles. The van der Waals surface area contributed by atoms with E-state index in [2.05, 4.69) is 6.07 Å². The van der Waals surface area contributed by atoms with Crippen LogP contribution in [-0.4, -0.2) is 14.2 Å². The molecule has 0 amide bonds. The number of benzene rings is 2. The summed E-state index contributed by atoms with van der Waals surface area (Å²) >= 11 is 0. The third-order valence-electron chi connectivity index (χ3n) is 3.27. The third-order valence-corrected chi connectivity index (χ3v) is 3.27. The molecule has 2 rings (SSSR count). The van der Waals surface area contributed by atoms with E-state index in [4.69, 9.17) is 14.7 Å². The molecule has 2 aromatic rings. The molecule has 0 unspecified atom stereocenters. The summed E-state index contributed by atoms with van der Waals surface area (Å²) in [4.78, 5) is 0. The fourth-order valence-corrected chi connectivity index (χ4v) is 2.13. The van der Waals surface area contributed by atoms with Gasteiger partial charge in [0, 0.05) is 6.08 Å². The van der Waals surface area contributed by atoms with E-state index in [0.29, 0.717) is 11.5 Å². The molecule has 0 atom stereocenters. The van der Waals surface area contributed by atoms with Crippen LogP contribution in [0.15, 0.2) is 48.5 Å². The molecule has 0 radical (unpaired) electrons. The second kappa shape index (κ2) is 6.62. The van der Waals surface area contributed by atoms with Gasteiger partial charge in [-0.25, -0.2) is 0 Å². The molecule has 0 saturated carbocycles. The first kappa shape index (κ1) is 14.7. The minimum absolute atomic E-state index is 0.644. The van der Waals surface area contributed by atoms with Crippen molar-refractivity contribution in [1.82, 2.24) is 0 Å². The number of hydrogen-bond donors (Lipinski definition) is 0. The highest BCUT2D eigenvalue weighted by Gasteiger charge is 2.10. The average Bonchev–Trinajstić information content (AvgIpc) is 2.53. The van der Waals surface area contributed by atoms with Crippen LogP contribution in [-0.2, 0) is 0 Å². The van der Waals surface area contributed by atoms with Gasteiger partial charge in [-0.1, -0.05) is 35.9 Å². The quantitative estimate of drug-likeness (QED) is 0.795. The van der Waals surface area contributed by atoms with Gasteiger partial charge in [-0.15, -0.1) is 0 Å². The van der Waals surface area contributed by atoms with Gasteiger partial charge in [0.05, 0.1) is 20.3 Å². The first-order chi connectivity index (χ1) is 10.2. The molecule has 0 spiro atoms. The van der Waals surface area contributed by atoms with Crippen molar-refractivity contribution in [3.63, 3.8) is 0 Å². The van der Waals surface area contributed by atoms with Crippen LogP contribution in [0, 0.1) is 18.3 Å².